The molecule has 1 fully saturated rings. The lowest BCUT2D eigenvalue weighted by atomic mass is 9.99. The van der Waals surface area contributed by atoms with Crippen molar-refractivity contribution in [1.82, 2.24) is 19.7 Å². The van der Waals surface area contributed by atoms with Gasteiger partial charge in [0.2, 0.25) is 0 Å². The minimum Gasteiger partial charge on any atom is -0.382 e. The molecule has 1 atom stereocenters. The number of ketones is 1. The molecule has 6 nitrogen and oxygen atoms in total. The van der Waals surface area contributed by atoms with Crippen molar-refractivity contribution in [3.8, 4) is 11.3 Å². The van der Waals surface area contributed by atoms with Crippen LogP contribution in [0.1, 0.15) is 48.8 Å². The Bertz CT molecular complexity index is 968. The molecule has 0 amide bonds. The standard InChI is InChI=1S/C21H25N5O/c1-13(2)19(27)15-7-5-14(6-8-15)17-18-20(22)24-10-11-26(18)21(25-17)16-4-3-9-23-12-16/h5-8,10-11,13,16,23H,3-4,9,12H2,1-2H3,(H2,22,24). The summed E-state index contributed by atoms with van der Waals surface area (Å²) in [6, 6.07) is 7.65. The van der Waals surface area contributed by atoms with Crippen molar-refractivity contribution in [3.05, 3.63) is 48.0 Å². The van der Waals surface area contributed by atoms with E-state index in [0.717, 1.165) is 54.1 Å². The Kier molecular flexibility index (Phi) is 4.66. The van der Waals surface area contributed by atoms with E-state index in [-0.39, 0.29) is 11.7 Å². The molecule has 1 unspecified atom stereocenters. The van der Waals surface area contributed by atoms with E-state index >= 15 is 0 Å². The minimum atomic E-state index is -0.0189. The Hall–Kier alpha value is -2.73. The number of Topliss-reactive ketones (excluding diaryl/α,β-unsaturated/α-hetero) is 1. The lowest BCUT2D eigenvalue weighted by molar-refractivity contribution is 0.0939. The number of nitrogens with zero attached hydrogens (tertiary/aromatic N) is 3. The molecule has 27 heavy (non-hydrogen) atoms. The summed E-state index contributed by atoms with van der Waals surface area (Å²) in [6.07, 6.45) is 5.90. The van der Waals surface area contributed by atoms with Gasteiger partial charge < -0.3 is 11.1 Å². The van der Waals surface area contributed by atoms with Crippen molar-refractivity contribution in [2.45, 2.75) is 32.6 Å². The maximum Gasteiger partial charge on any atom is 0.165 e. The number of hydrogen-bond acceptors (Lipinski definition) is 5. The maximum absolute atomic E-state index is 12.2. The molecule has 6 heteroatoms. The van der Waals surface area contributed by atoms with Gasteiger partial charge in [0.1, 0.15) is 22.9 Å². The van der Waals surface area contributed by atoms with Gasteiger partial charge in [-0.15, -0.1) is 0 Å². The molecular weight excluding hydrogens is 338 g/mol. The van der Waals surface area contributed by atoms with Crippen molar-refractivity contribution in [1.29, 1.82) is 0 Å². The first-order chi connectivity index (χ1) is 13.1. The molecule has 0 saturated carbocycles. The van der Waals surface area contributed by atoms with Gasteiger partial charge in [-0.1, -0.05) is 38.1 Å². The van der Waals surface area contributed by atoms with Crippen LogP contribution in [0.3, 0.4) is 0 Å². The van der Waals surface area contributed by atoms with Crippen LogP contribution in [0.5, 0.6) is 0 Å². The van der Waals surface area contributed by atoms with Crippen molar-refractivity contribution in [2.75, 3.05) is 18.8 Å². The average Bonchev–Trinajstić information content (AvgIpc) is 3.09. The number of nitrogens with one attached hydrogen (secondary N) is 1. The summed E-state index contributed by atoms with van der Waals surface area (Å²) in [5.74, 6) is 1.96. The molecule has 1 aliphatic heterocycles. The van der Waals surface area contributed by atoms with Gasteiger partial charge in [-0.05, 0) is 19.4 Å². The van der Waals surface area contributed by atoms with Crippen LogP contribution in [0, 0.1) is 5.92 Å². The van der Waals surface area contributed by atoms with Gasteiger partial charge in [0.25, 0.3) is 0 Å². The van der Waals surface area contributed by atoms with E-state index < -0.39 is 0 Å². The Morgan fingerprint density at radius 1 is 1.30 bits per heavy atom. The van der Waals surface area contributed by atoms with Gasteiger partial charge in [0.15, 0.2) is 5.78 Å². The van der Waals surface area contributed by atoms with Crippen LogP contribution in [0.2, 0.25) is 0 Å². The van der Waals surface area contributed by atoms with E-state index in [9.17, 15) is 4.79 Å². The molecule has 0 bridgehead atoms. The van der Waals surface area contributed by atoms with Crippen LogP contribution in [-0.4, -0.2) is 33.2 Å². The van der Waals surface area contributed by atoms with E-state index in [4.69, 9.17) is 10.7 Å². The summed E-state index contributed by atoms with van der Waals surface area (Å²) in [6.45, 7) is 5.80. The number of carbonyl (C=O) groups is 1. The summed E-state index contributed by atoms with van der Waals surface area (Å²) in [5.41, 5.74) is 9.54. The third-order valence-corrected chi connectivity index (χ3v) is 5.24. The lowest BCUT2D eigenvalue weighted by Gasteiger charge is -2.21. The average molecular weight is 363 g/mol. The fraction of sp³-hybridized carbons (Fsp3) is 0.381. The summed E-state index contributed by atoms with van der Waals surface area (Å²) < 4.78 is 2.07. The zero-order chi connectivity index (χ0) is 19.0. The number of nitrogen functional groups attached to an aromatic ring is 1. The molecule has 3 N–H and O–H groups in total. The summed E-state index contributed by atoms with van der Waals surface area (Å²) >= 11 is 0. The van der Waals surface area contributed by atoms with E-state index in [2.05, 4.69) is 14.7 Å². The highest BCUT2D eigenvalue weighted by molar-refractivity contribution is 5.98. The van der Waals surface area contributed by atoms with Gasteiger partial charge in [-0.3, -0.25) is 9.20 Å². The van der Waals surface area contributed by atoms with Crippen LogP contribution in [0.4, 0.5) is 5.82 Å². The molecule has 1 aromatic carbocycles. The van der Waals surface area contributed by atoms with Gasteiger partial charge in [-0.2, -0.15) is 0 Å². The second-order valence-electron chi connectivity index (χ2n) is 7.49. The Labute approximate surface area is 158 Å². The smallest absolute Gasteiger partial charge is 0.165 e. The lowest BCUT2D eigenvalue weighted by Crippen LogP contribution is -2.29. The number of nitrogens with two attached hydrogens (primary N) is 1. The second kappa shape index (κ2) is 7.12. The Balaban J connectivity index is 1.80. The molecule has 1 saturated heterocycles. The number of aromatic nitrogens is 3. The molecular formula is C21H25N5O. The van der Waals surface area contributed by atoms with E-state index in [0.29, 0.717) is 11.7 Å². The van der Waals surface area contributed by atoms with E-state index in [1.165, 1.54) is 0 Å². The first kappa shape index (κ1) is 17.7. The highest BCUT2D eigenvalue weighted by Crippen LogP contribution is 2.32. The Morgan fingerprint density at radius 3 is 2.74 bits per heavy atom. The third-order valence-electron chi connectivity index (χ3n) is 5.24. The highest BCUT2D eigenvalue weighted by atomic mass is 16.1. The van der Waals surface area contributed by atoms with Crippen LogP contribution >= 0.6 is 0 Å². The summed E-state index contributed by atoms with van der Waals surface area (Å²) in [7, 11) is 0. The number of carbonyl (C=O) groups excluding carboxylic acids is 1. The predicted octanol–water partition coefficient (Wildman–Crippen LogP) is 3.28. The number of anilines is 1. The zero-order valence-electron chi connectivity index (χ0n) is 15.8. The second-order valence-corrected chi connectivity index (χ2v) is 7.49. The van der Waals surface area contributed by atoms with Crippen molar-refractivity contribution >= 4 is 17.1 Å². The molecule has 4 rings (SSSR count). The molecule has 2 aromatic heterocycles. The topological polar surface area (TPSA) is 85.3 Å². The predicted molar refractivity (Wildman–Crippen MR) is 107 cm³/mol. The van der Waals surface area contributed by atoms with Crippen LogP contribution < -0.4 is 11.1 Å². The normalized spacial score (nSPS) is 17.5. The first-order valence-electron chi connectivity index (χ1n) is 9.54. The van der Waals surface area contributed by atoms with E-state index in [1.54, 1.807) is 6.20 Å². The Morgan fingerprint density at radius 2 is 2.07 bits per heavy atom. The zero-order valence-corrected chi connectivity index (χ0v) is 15.8. The largest absolute Gasteiger partial charge is 0.382 e. The molecule has 1 aliphatic rings. The molecule has 0 aliphatic carbocycles. The number of hydrogen-bond donors (Lipinski definition) is 2. The minimum absolute atomic E-state index is 0.0189. The third kappa shape index (κ3) is 3.21. The summed E-state index contributed by atoms with van der Waals surface area (Å²) in [4.78, 5) is 21.5. The SMILES string of the molecule is CC(C)C(=O)c1ccc(-c2nc(C3CCCNC3)n3ccnc(N)c23)cc1. The number of piperidine rings is 1. The molecule has 3 heterocycles. The molecule has 0 radical (unpaired) electrons. The quantitative estimate of drug-likeness (QED) is 0.695. The number of imidazole rings is 1. The van der Waals surface area contributed by atoms with Gasteiger partial charge >= 0.3 is 0 Å². The highest BCUT2D eigenvalue weighted by Gasteiger charge is 2.24. The van der Waals surface area contributed by atoms with Crippen LogP contribution in [-0.2, 0) is 0 Å². The fourth-order valence-electron chi connectivity index (χ4n) is 3.77. The molecule has 3 aromatic rings. The number of fused-ring (bicyclic) bond motifs is 1. The molecule has 140 valence electrons. The van der Waals surface area contributed by atoms with Gasteiger partial charge in [0.05, 0.1) is 0 Å². The summed E-state index contributed by atoms with van der Waals surface area (Å²) in [5, 5.41) is 3.45. The van der Waals surface area contributed by atoms with Crippen LogP contribution in [0.25, 0.3) is 16.8 Å². The molecule has 0 spiro atoms. The number of rotatable bonds is 4. The van der Waals surface area contributed by atoms with E-state index in [1.807, 2.05) is 44.3 Å². The maximum atomic E-state index is 12.2. The monoisotopic (exact) mass is 363 g/mol. The fourth-order valence-corrected chi connectivity index (χ4v) is 3.77. The van der Waals surface area contributed by atoms with Gasteiger partial charge in [-0.25, -0.2) is 9.97 Å². The van der Waals surface area contributed by atoms with Crippen molar-refractivity contribution in [2.24, 2.45) is 5.92 Å². The van der Waals surface area contributed by atoms with Crippen molar-refractivity contribution in [3.63, 3.8) is 0 Å². The van der Waals surface area contributed by atoms with Gasteiger partial charge in [0, 0.05) is 41.9 Å². The van der Waals surface area contributed by atoms with Crippen molar-refractivity contribution < 1.29 is 4.79 Å². The number of benzene rings is 1. The van der Waals surface area contributed by atoms with Crippen LogP contribution in [0.15, 0.2) is 36.7 Å². The first-order valence-corrected chi connectivity index (χ1v) is 9.54.